The smallest absolute Gasteiger partial charge is 0.219 e. The molecule has 1 aliphatic rings. The lowest BCUT2D eigenvalue weighted by atomic mass is 10.0. The Morgan fingerprint density at radius 3 is 2.37 bits per heavy atom. The van der Waals surface area contributed by atoms with Crippen molar-refractivity contribution in [3.8, 4) is 0 Å². The highest BCUT2D eigenvalue weighted by molar-refractivity contribution is 7.80. The summed E-state index contributed by atoms with van der Waals surface area (Å²) in [5.74, 6) is -0.167. The summed E-state index contributed by atoms with van der Waals surface area (Å²) in [4.78, 5) is 15.5. The molecule has 0 unspecified atom stereocenters. The van der Waals surface area contributed by atoms with Gasteiger partial charge in [0.1, 0.15) is 5.82 Å². The van der Waals surface area contributed by atoms with E-state index in [-0.39, 0.29) is 17.8 Å². The first-order valence-corrected chi connectivity index (χ1v) is 9.57. The number of anilines is 1. The fourth-order valence-corrected chi connectivity index (χ4v) is 3.72. The number of piperidine rings is 1. The van der Waals surface area contributed by atoms with Gasteiger partial charge in [-0.3, -0.25) is 4.79 Å². The number of rotatable bonds is 4. The number of thiocarbonyl (C=S) groups is 1. The molecule has 0 aliphatic carbocycles. The van der Waals surface area contributed by atoms with Crippen molar-refractivity contribution in [1.29, 1.82) is 0 Å². The van der Waals surface area contributed by atoms with Gasteiger partial charge in [0.25, 0.3) is 0 Å². The Kier molecular flexibility index (Phi) is 6.40. The minimum atomic E-state index is -0.270. The molecule has 1 amide bonds. The Balaban J connectivity index is 1.74. The fourth-order valence-electron chi connectivity index (χ4n) is 3.39. The average molecular weight is 386 g/mol. The van der Waals surface area contributed by atoms with Crippen LogP contribution in [0.2, 0.25) is 0 Å². The minimum absolute atomic E-state index is 0.103. The molecule has 1 fully saturated rings. The molecular weight excluding hydrogens is 361 g/mol. The van der Waals surface area contributed by atoms with Crippen LogP contribution >= 0.6 is 12.2 Å². The van der Waals surface area contributed by atoms with Crippen LogP contribution in [-0.4, -0.2) is 35.1 Å². The number of benzene rings is 2. The van der Waals surface area contributed by atoms with Crippen molar-refractivity contribution >= 4 is 28.9 Å². The zero-order valence-electron chi connectivity index (χ0n) is 15.4. The van der Waals surface area contributed by atoms with E-state index in [0.717, 1.165) is 24.1 Å². The lowest BCUT2D eigenvalue weighted by molar-refractivity contribution is -0.129. The zero-order valence-corrected chi connectivity index (χ0v) is 16.2. The number of amides is 1. The van der Waals surface area contributed by atoms with Gasteiger partial charge >= 0.3 is 0 Å². The van der Waals surface area contributed by atoms with Crippen LogP contribution in [0.25, 0.3) is 0 Å². The molecule has 27 heavy (non-hydrogen) atoms. The average Bonchev–Trinajstić information content (AvgIpc) is 2.69. The number of halogens is 1. The minimum Gasteiger partial charge on any atom is -0.358 e. The molecule has 1 heterocycles. The SMILES string of the molecule is CC(=O)N1CCC(N(C(=S)NCc2ccccc2)c2ccc(F)cc2)CC1. The Morgan fingerprint density at radius 2 is 1.78 bits per heavy atom. The lowest BCUT2D eigenvalue weighted by Gasteiger charge is -2.39. The molecule has 4 nitrogen and oxygen atoms in total. The quantitative estimate of drug-likeness (QED) is 0.814. The van der Waals surface area contributed by atoms with Crippen LogP contribution in [0.4, 0.5) is 10.1 Å². The van der Waals surface area contributed by atoms with E-state index < -0.39 is 0 Å². The van der Waals surface area contributed by atoms with E-state index >= 15 is 0 Å². The zero-order chi connectivity index (χ0) is 19.2. The maximum atomic E-state index is 13.4. The third-order valence-electron chi connectivity index (χ3n) is 4.89. The molecule has 1 saturated heterocycles. The second-order valence-corrected chi connectivity index (χ2v) is 7.11. The maximum Gasteiger partial charge on any atom is 0.219 e. The maximum absolute atomic E-state index is 13.4. The van der Waals surface area contributed by atoms with Crippen LogP contribution in [0.5, 0.6) is 0 Å². The fraction of sp³-hybridized carbons (Fsp3) is 0.333. The summed E-state index contributed by atoms with van der Waals surface area (Å²) in [5, 5.41) is 3.94. The molecule has 0 bridgehead atoms. The number of hydrogen-bond donors (Lipinski definition) is 1. The molecule has 0 aromatic heterocycles. The van der Waals surface area contributed by atoms with Gasteiger partial charge < -0.3 is 15.1 Å². The van der Waals surface area contributed by atoms with Crippen molar-refractivity contribution in [2.45, 2.75) is 32.4 Å². The van der Waals surface area contributed by atoms with E-state index in [9.17, 15) is 9.18 Å². The first kappa shape index (κ1) is 19.3. The van der Waals surface area contributed by atoms with Gasteiger partial charge in [-0.2, -0.15) is 0 Å². The molecule has 2 aromatic rings. The molecule has 6 heteroatoms. The summed E-state index contributed by atoms with van der Waals surface area (Å²) in [5.41, 5.74) is 2.01. The largest absolute Gasteiger partial charge is 0.358 e. The number of hydrogen-bond acceptors (Lipinski definition) is 2. The molecule has 2 aromatic carbocycles. The molecule has 0 atom stereocenters. The highest BCUT2D eigenvalue weighted by atomic mass is 32.1. The van der Waals surface area contributed by atoms with Gasteiger partial charge in [0.2, 0.25) is 5.91 Å². The van der Waals surface area contributed by atoms with Crippen molar-refractivity contribution < 1.29 is 9.18 Å². The second kappa shape index (κ2) is 8.95. The molecule has 1 aliphatic heterocycles. The standard InChI is InChI=1S/C21H24FN3OS/c1-16(26)24-13-11-20(12-14-24)25(19-9-7-18(22)8-10-19)21(27)23-15-17-5-3-2-4-6-17/h2-10,20H,11-15H2,1H3,(H,23,27). The van der Waals surface area contributed by atoms with Gasteiger partial charge in [0.05, 0.1) is 0 Å². The molecule has 0 spiro atoms. The third kappa shape index (κ3) is 5.04. The number of nitrogens with one attached hydrogen (secondary N) is 1. The Hall–Kier alpha value is -2.47. The molecule has 3 rings (SSSR count). The van der Waals surface area contributed by atoms with Crippen molar-refractivity contribution in [3.63, 3.8) is 0 Å². The first-order chi connectivity index (χ1) is 13.0. The predicted molar refractivity (Wildman–Crippen MR) is 110 cm³/mol. The van der Waals surface area contributed by atoms with Gasteiger partial charge in [-0.1, -0.05) is 30.3 Å². The lowest BCUT2D eigenvalue weighted by Crippen LogP contribution is -2.51. The molecule has 142 valence electrons. The summed E-state index contributed by atoms with van der Waals surface area (Å²) < 4.78 is 13.4. The van der Waals surface area contributed by atoms with Gasteiger partial charge in [-0.25, -0.2) is 4.39 Å². The third-order valence-corrected chi connectivity index (χ3v) is 5.23. The molecule has 0 radical (unpaired) electrons. The summed E-state index contributed by atoms with van der Waals surface area (Å²) in [6, 6.07) is 16.6. The summed E-state index contributed by atoms with van der Waals surface area (Å²) in [7, 11) is 0. The Bertz CT molecular complexity index is 774. The van der Waals surface area contributed by atoms with Gasteiger partial charge in [0, 0.05) is 38.3 Å². The number of carbonyl (C=O) groups is 1. The first-order valence-electron chi connectivity index (χ1n) is 9.16. The highest BCUT2D eigenvalue weighted by Gasteiger charge is 2.28. The summed E-state index contributed by atoms with van der Waals surface area (Å²) >= 11 is 5.69. The normalized spacial score (nSPS) is 14.7. The van der Waals surface area contributed by atoms with Crippen LogP contribution in [0.3, 0.4) is 0 Å². The Labute approximate surface area is 165 Å². The highest BCUT2D eigenvalue weighted by Crippen LogP contribution is 2.24. The van der Waals surface area contributed by atoms with E-state index in [4.69, 9.17) is 12.2 Å². The summed E-state index contributed by atoms with van der Waals surface area (Å²) in [6.45, 7) is 3.64. The van der Waals surface area contributed by atoms with Gasteiger partial charge in [-0.05, 0) is 54.9 Å². The van der Waals surface area contributed by atoms with Crippen LogP contribution in [0, 0.1) is 5.82 Å². The number of nitrogens with zero attached hydrogens (tertiary/aromatic N) is 2. The van der Waals surface area contributed by atoms with Gasteiger partial charge in [0.15, 0.2) is 5.11 Å². The van der Waals surface area contributed by atoms with Crippen molar-refractivity contribution in [2.24, 2.45) is 0 Å². The van der Waals surface area contributed by atoms with E-state index in [0.29, 0.717) is 24.7 Å². The van der Waals surface area contributed by atoms with Crippen LogP contribution in [0.15, 0.2) is 54.6 Å². The van der Waals surface area contributed by atoms with E-state index in [1.165, 1.54) is 12.1 Å². The van der Waals surface area contributed by atoms with E-state index in [1.807, 2.05) is 35.2 Å². The summed E-state index contributed by atoms with van der Waals surface area (Å²) in [6.07, 6.45) is 1.65. The van der Waals surface area contributed by atoms with Crippen molar-refractivity contribution in [3.05, 3.63) is 66.0 Å². The van der Waals surface area contributed by atoms with Crippen molar-refractivity contribution in [1.82, 2.24) is 10.2 Å². The Morgan fingerprint density at radius 1 is 1.15 bits per heavy atom. The van der Waals surface area contributed by atoms with Gasteiger partial charge in [-0.15, -0.1) is 0 Å². The predicted octanol–water partition coefficient (Wildman–Crippen LogP) is 3.72. The van der Waals surface area contributed by atoms with Crippen LogP contribution < -0.4 is 10.2 Å². The monoisotopic (exact) mass is 385 g/mol. The topological polar surface area (TPSA) is 35.6 Å². The molecular formula is C21H24FN3OS. The number of carbonyl (C=O) groups excluding carboxylic acids is 1. The second-order valence-electron chi connectivity index (χ2n) is 6.73. The van der Waals surface area contributed by atoms with E-state index in [2.05, 4.69) is 10.2 Å². The van der Waals surface area contributed by atoms with E-state index in [1.54, 1.807) is 19.1 Å². The van der Waals surface area contributed by atoms with Crippen LogP contribution in [-0.2, 0) is 11.3 Å². The molecule has 1 N–H and O–H groups in total. The number of likely N-dealkylation sites (tertiary alicyclic amines) is 1. The van der Waals surface area contributed by atoms with Crippen LogP contribution in [0.1, 0.15) is 25.3 Å². The van der Waals surface area contributed by atoms with Crippen molar-refractivity contribution in [2.75, 3.05) is 18.0 Å². The molecule has 0 saturated carbocycles.